The molecule has 13 heavy (non-hydrogen) atoms. The molecule has 0 aromatic heterocycles. The maximum atomic E-state index is 5.78. The van der Waals surface area contributed by atoms with Gasteiger partial charge in [-0.3, -0.25) is 0 Å². The van der Waals surface area contributed by atoms with Crippen LogP contribution in [-0.4, -0.2) is 31.1 Å². The van der Waals surface area contributed by atoms with Gasteiger partial charge in [0, 0.05) is 12.6 Å². The van der Waals surface area contributed by atoms with E-state index < -0.39 is 0 Å². The number of rotatable bonds is 4. The Morgan fingerprint density at radius 2 is 2.00 bits per heavy atom. The fraction of sp³-hybridized carbons (Fsp3) is 1.00. The van der Waals surface area contributed by atoms with Crippen LogP contribution in [0.5, 0.6) is 0 Å². The topological polar surface area (TPSA) is 29.3 Å². The van der Waals surface area contributed by atoms with Crippen LogP contribution in [-0.2, 0) is 0 Å². The molecule has 2 unspecified atom stereocenters. The van der Waals surface area contributed by atoms with Crippen LogP contribution in [0, 0.1) is 11.8 Å². The predicted molar refractivity (Wildman–Crippen MR) is 55.5 cm³/mol. The van der Waals surface area contributed by atoms with Crippen LogP contribution in [0.4, 0.5) is 0 Å². The van der Waals surface area contributed by atoms with E-state index in [0.717, 1.165) is 24.4 Å². The molecule has 0 bridgehead atoms. The van der Waals surface area contributed by atoms with E-state index in [1.165, 1.54) is 38.6 Å². The monoisotopic (exact) mass is 182 g/mol. The van der Waals surface area contributed by atoms with Crippen LogP contribution in [0.3, 0.4) is 0 Å². The number of hydrogen-bond acceptors (Lipinski definition) is 2. The Labute approximate surface area is 81.5 Å². The average molecular weight is 182 g/mol. The van der Waals surface area contributed by atoms with Gasteiger partial charge in [-0.1, -0.05) is 6.42 Å². The standard InChI is InChI=1S/C11H22N2/c1-13(8-9-5-6-9)11-4-2-3-10(11)7-12/h9-11H,2-8,12H2,1H3. The molecule has 0 aromatic carbocycles. The van der Waals surface area contributed by atoms with Gasteiger partial charge in [-0.15, -0.1) is 0 Å². The van der Waals surface area contributed by atoms with Crippen molar-refractivity contribution in [2.45, 2.75) is 38.1 Å². The van der Waals surface area contributed by atoms with Gasteiger partial charge in [0.15, 0.2) is 0 Å². The zero-order chi connectivity index (χ0) is 9.26. The molecule has 0 heterocycles. The van der Waals surface area contributed by atoms with E-state index >= 15 is 0 Å². The third kappa shape index (κ3) is 2.23. The smallest absolute Gasteiger partial charge is 0.0133 e. The lowest BCUT2D eigenvalue weighted by molar-refractivity contribution is 0.193. The average Bonchev–Trinajstić information content (AvgIpc) is 2.82. The van der Waals surface area contributed by atoms with Crippen molar-refractivity contribution in [1.82, 2.24) is 4.90 Å². The van der Waals surface area contributed by atoms with Crippen LogP contribution < -0.4 is 5.73 Å². The van der Waals surface area contributed by atoms with E-state index in [9.17, 15) is 0 Å². The largest absolute Gasteiger partial charge is 0.330 e. The van der Waals surface area contributed by atoms with Crippen LogP contribution >= 0.6 is 0 Å². The second kappa shape index (κ2) is 3.97. The SMILES string of the molecule is CN(CC1CC1)C1CCCC1CN. The van der Waals surface area contributed by atoms with Crippen molar-refractivity contribution in [2.24, 2.45) is 17.6 Å². The summed E-state index contributed by atoms with van der Waals surface area (Å²) in [5.41, 5.74) is 5.78. The van der Waals surface area contributed by atoms with Crippen molar-refractivity contribution in [2.75, 3.05) is 20.1 Å². The highest BCUT2D eigenvalue weighted by Gasteiger charge is 2.32. The second-order valence-corrected chi connectivity index (χ2v) is 4.88. The van der Waals surface area contributed by atoms with E-state index in [1.54, 1.807) is 0 Å². The lowest BCUT2D eigenvalue weighted by atomic mass is 10.0. The highest BCUT2D eigenvalue weighted by molar-refractivity contribution is 4.87. The summed E-state index contributed by atoms with van der Waals surface area (Å²) >= 11 is 0. The fourth-order valence-electron chi connectivity index (χ4n) is 2.72. The summed E-state index contributed by atoms with van der Waals surface area (Å²) in [6, 6.07) is 0.797. The summed E-state index contributed by atoms with van der Waals surface area (Å²) in [5.74, 6) is 1.80. The molecule has 2 saturated carbocycles. The fourth-order valence-corrected chi connectivity index (χ4v) is 2.72. The first kappa shape index (κ1) is 9.47. The highest BCUT2D eigenvalue weighted by atomic mass is 15.1. The van der Waals surface area contributed by atoms with Crippen LogP contribution in [0.1, 0.15) is 32.1 Å². The van der Waals surface area contributed by atoms with Crippen LogP contribution in [0.15, 0.2) is 0 Å². The highest BCUT2D eigenvalue weighted by Crippen LogP contribution is 2.34. The van der Waals surface area contributed by atoms with Crippen molar-refractivity contribution in [1.29, 1.82) is 0 Å². The van der Waals surface area contributed by atoms with Crippen LogP contribution in [0.2, 0.25) is 0 Å². The Morgan fingerprint density at radius 3 is 2.62 bits per heavy atom. The maximum Gasteiger partial charge on any atom is 0.0133 e. The van der Waals surface area contributed by atoms with Gasteiger partial charge in [-0.25, -0.2) is 0 Å². The van der Waals surface area contributed by atoms with Gasteiger partial charge in [0.1, 0.15) is 0 Å². The summed E-state index contributed by atoms with van der Waals surface area (Å²) in [5, 5.41) is 0. The molecule has 2 nitrogen and oxygen atoms in total. The molecule has 0 amide bonds. The van der Waals surface area contributed by atoms with Crippen molar-refractivity contribution in [3.63, 3.8) is 0 Å². The first-order valence-electron chi connectivity index (χ1n) is 5.71. The first-order chi connectivity index (χ1) is 6.31. The Balaban J connectivity index is 1.82. The molecule has 2 atom stereocenters. The summed E-state index contributed by atoms with van der Waals surface area (Å²) in [6.45, 7) is 2.21. The summed E-state index contributed by atoms with van der Waals surface area (Å²) in [7, 11) is 2.29. The van der Waals surface area contributed by atoms with Gasteiger partial charge >= 0.3 is 0 Å². The maximum absolute atomic E-state index is 5.78. The Bertz CT molecular complexity index is 165. The minimum absolute atomic E-state index is 0.781. The quantitative estimate of drug-likeness (QED) is 0.713. The number of nitrogens with two attached hydrogens (primary N) is 1. The van der Waals surface area contributed by atoms with Crippen LogP contribution in [0.25, 0.3) is 0 Å². The van der Waals surface area contributed by atoms with Gasteiger partial charge in [0.2, 0.25) is 0 Å². The molecular weight excluding hydrogens is 160 g/mol. The third-order valence-electron chi connectivity index (χ3n) is 3.73. The second-order valence-electron chi connectivity index (χ2n) is 4.88. The normalized spacial score (nSPS) is 34.4. The minimum atomic E-state index is 0.781. The Kier molecular flexibility index (Phi) is 2.89. The lowest BCUT2D eigenvalue weighted by Gasteiger charge is -2.29. The molecule has 2 fully saturated rings. The Morgan fingerprint density at radius 1 is 1.23 bits per heavy atom. The van der Waals surface area contributed by atoms with Gasteiger partial charge in [0.25, 0.3) is 0 Å². The Hall–Kier alpha value is -0.0800. The molecule has 0 spiro atoms. The van der Waals surface area contributed by atoms with E-state index in [2.05, 4.69) is 11.9 Å². The van der Waals surface area contributed by atoms with Gasteiger partial charge in [-0.05, 0) is 51.1 Å². The van der Waals surface area contributed by atoms with Crippen molar-refractivity contribution in [3.05, 3.63) is 0 Å². The molecule has 2 aliphatic rings. The summed E-state index contributed by atoms with van der Waals surface area (Å²) in [6.07, 6.45) is 7.05. The lowest BCUT2D eigenvalue weighted by Crippen LogP contribution is -2.38. The van der Waals surface area contributed by atoms with E-state index in [4.69, 9.17) is 5.73 Å². The zero-order valence-corrected chi connectivity index (χ0v) is 8.71. The molecule has 2 rings (SSSR count). The number of hydrogen-bond donors (Lipinski definition) is 1. The minimum Gasteiger partial charge on any atom is -0.330 e. The molecule has 0 saturated heterocycles. The van der Waals surface area contributed by atoms with Crippen molar-refractivity contribution < 1.29 is 0 Å². The molecule has 2 heteroatoms. The zero-order valence-electron chi connectivity index (χ0n) is 8.71. The van der Waals surface area contributed by atoms with E-state index in [-0.39, 0.29) is 0 Å². The van der Waals surface area contributed by atoms with Crippen molar-refractivity contribution in [3.8, 4) is 0 Å². The summed E-state index contributed by atoms with van der Waals surface area (Å²) in [4.78, 5) is 2.57. The first-order valence-corrected chi connectivity index (χ1v) is 5.71. The van der Waals surface area contributed by atoms with Crippen molar-refractivity contribution >= 4 is 0 Å². The van der Waals surface area contributed by atoms with Gasteiger partial charge in [0.05, 0.1) is 0 Å². The van der Waals surface area contributed by atoms with Gasteiger partial charge < -0.3 is 10.6 Å². The molecule has 0 aromatic rings. The molecular formula is C11H22N2. The third-order valence-corrected chi connectivity index (χ3v) is 3.73. The molecule has 76 valence electrons. The molecule has 2 aliphatic carbocycles. The predicted octanol–water partition coefficient (Wildman–Crippen LogP) is 1.46. The van der Waals surface area contributed by atoms with E-state index in [1.807, 2.05) is 0 Å². The van der Waals surface area contributed by atoms with Gasteiger partial charge in [-0.2, -0.15) is 0 Å². The molecule has 0 radical (unpaired) electrons. The number of nitrogens with zero attached hydrogens (tertiary/aromatic N) is 1. The molecule has 2 N–H and O–H groups in total. The summed E-state index contributed by atoms with van der Waals surface area (Å²) < 4.78 is 0. The van der Waals surface area contributed by atoms with E-state index in [0.29, 0.717) is 0 Å². The molecule has 0 aliphatic heterocycles.